The Hall–Kier alpha value is -1.61. The Labute approximate surface area is 83.2 Å². The monoisotopic (exact) mass is 189 g/mol. The van der Waals surface area contributed by atoms with Crippen molar-refractivity contribution in [1.29, 1.82) is 0 Å². The summed E-state index contributed by atoms with van der Waals surface area (Å²) in [4.78, 5) is 11.5. The van der Waals surface area contributed by atoms with Gasteiger partial charge in [0.2, 0.25) is 0 Å². The Morgan fingerprint density at radius 2 is 1.79 bits per heavy atom. The molecule has 1 aromatic rings. The van der Waals surface area contributed by atoms with E-state index in [9.17, 15) is 4.79 Å². The molecule has 0 radical (unpaired) electrons. The maximum Gasteiger partial charge on any atom is 0.364 e. The second kappa shape index (κ2) is 2.96. The molecule has 0 spiro atoms. The highest BCUT2D eigenvalue weighted by Crippen LogP contribution is 2.19. The number of nitrogens with zero attached hydrogens (tertiary/aromatic N) is 1. The van der Waals surface area contributed by atoms with Gasteiger partial charge in [0, 0.05) is 5.56 Å². The van der Waals surface area contributed by atoms with Crippen LogP contribution in [0.3, 0.4) is 0 Å². The Morgan fingerprint density at radius 1 is 1.14 bits per heavy atom. The van der Waals surface area contributed by atoms with Gasteiger partial charge >= 0.3 is 5.91 Å². The van der Waals surface area contributed by atoms with Gasteiger partial charge in [-0.05, 0) is 0 Å². The van der Waals surface area contributed by atoms with E-state index in [1.54, 1.807) is 6.08 Å². The number of carbonyl (C=O) groups is 1. The third-order valence-corrected chi connectivity index (χ3v) is 2.30. The Kier molecular flexibility index (Phi) is 1.89. The first-order valence-corrected chi connectivity index (χ1v) is 4.53. The maximum absolute atomic E-state index is 11.5. The van der Waals surface area contributed by atoms with E-state index in [0.29, 0.717) is 0 Å². The molecule has 1 N–H and O–H groups in total. The first-order valence-electron chi connectivity index (χ1n) is 4.53. The number of hydrogen-bond donors (Lipinski definition) is 1. The number of hydrogen-bond acceptors (Lipinski definition) is 2. The van der Waals surface area contributed by atoms with Crippen LogP contribution >= 0.6 is 0 Å². The normalized spacial score (nSPS) is 19.0. The van der Waals surface area contributed by atoms with Crippen LogP contribution in [0.2, 0.25) is 0 Å². The van der Waals surface area contributed by atoms with Crippen molar-refractivity contribution in [3.8, 4) is 0 Å². The molecule has 3 nitrogen and oxygen atoms in total. The lowest BCUT2D eigenvalue weighted by molar-refractivity contribution is -0.845. The molecule has 1 heterocycles. The van der Waals surface area contributed by atoms with Crippen molar-refractivity contribution < 1.29 is 9.39 Å². The SMILES string of the molecule is C[N+]1(C)NC(c2ccccc2)=CC1=O. The van der Waals surface area contributed by atoms with Gasteiger partial charge in [0.15, 0.2) is 0 Å². The van der Waals surface area contributed by atoms with Crippen LogP contribution in [0, 0.1) is 0 Å². The van der Waals surface area contributed by atoms with Crippen LogP contribution in [0.1, 0.15) is 5.56 Å². The third kappa shape index (κ3) is 1.42. The summed E-state index contributed by atoms with van der Waals surface area (Å²) in [6, 6.07) is 9.84. The van der Waals surface area contributed by atoms with Gasteiger partial charge < -0.3 is 0 Å². The highest BCUT2D eigenvalue weighted by molar-refractivity contribution is 5.93. The molecule has 14 heavy (non-hydrogen) atoms. The van der Waals surface area contributed by atoms with E-state index in [-0.39, 0.29) is 10.5 Å². The van der Waals surface area contributed by atoms with Crippen molar-refractivity contribution >= 4 is 11.6 Å². The highest BCUT2D eigenvalue weighted by atomic mass is 16.2. The maximum atomic E-state index is 11.5. The lowest BCUT2D eigenvalue weighted by Gasteiger charge is -2.21. The second-order valence-electron chi connectivity index (χ2n) is 3.83. The molecule has 72 valence electrons. The fourth-order valence-electron chi connectivity index (χ4n) is 1.44. The molecule has 1 amide bonds. The van der Waals surface area contributed by atoms with Crippen molar-refractivity contribution in [1.82, 2.24) is 5.43 Å². The van der Waals surface area contributed by atoms with Crippen molar-refractivity contribution in [3.05, 3.63) is 42.0 Å². The molecule has 0 aliphatic carbocycles. The first-order chi connectivity index (χ1) is 6.59. The lowest BCUT2D eigenvalue weighted by atomic mass is 10.1. The van der Waals surface area contributed by atoms with E-state index in [2.05, 4.69) is 5.43 Å². The van der Waals surface area contributed by atoms with Gasteiger partial charge in [-0.25, -0.2) is 10.2 Å². The molecule has 0 saturated carbocycles. The fourth-order valence-corrected chi connectivity index (χ4v) is 1.44. The van der Waals surface area contributed by atoms with E-state index in [1.807, 2.05) is 44.4 Å². The molecular weight excluding hydrogens is 176 g/mol. The van der Waals surface area contributed by atoms with Gasteiger partial charge in [-0.3, -0.25) is 0 Å². The summed E-state index contributed by atoms with van der Waals surface area (Å²) in [5, 5.41) is 0. The summed E-state index contributed by atoms with van der Waals surface area (Å²) < 4.78 is 0.185. The van der Waals surface area contributed by atoms with E-state index < -0.39 is 0 Å². The largest absolute Gasteiger partial charge is 0.364 e. The number of rotatable bonds is 1. The van der Waals surface area contributed by atoms with Crippen molar-refractivity contribution in [2.75, 3.05) is 14.1 Å². The predicted molar refractivity (Wildman–Crippen MR) is 54.7 cm³/mol. The van der Waals surface area contributed by atoms with E-state index in [0.717, 1.165) is 11.3 Å². The highest BCUT2D eigenvalue weighted by Gasteiger charge is 2.33. The summed E-state index contributed by atoms with van der Waals surface area (Å²) in [6.07, 6.45) is 1.65. The minimum Gasteiger partial charge on any atom is -0.228 e. The summed E-state index contributed by atoms with van der Waals surface area (Å²) in [6.45, 7) is 0. The molecule has 1 aliphatic rings. The Balaban J connectivity index is 2.33. The van der Waals surface area contributed by atoms with Gasteiger partial charge in [-0.15, -0.1) is 0 Å². The van der Waals surface area contributed by atoms with Crippen LogP contribution in [0.15, 0.2) is 36.4 Å². The molecule has 0 saturated heterocycles. The minimum atomic E-state index is 0.0730. The quantitative estimate of drug-likeness (QED) is 0.671. The smallest absolute Gasteiger partial charge is 0.228 e. The molecular formula is C11H13N2O+. The van der Waals surface area contributed by atoms with Gasteiger partial charge in [-0.1, -0.05) is 30.3 Å². The second-order valence-corrected chi connectivity index (χ2v) is 3.83. The van der Waals surface area contributed by atoms with Gasteiger partial charge in [0.05, 0.1) is 20.2 Å². The van der Waals surface area contributed by atoms with Crippen molar-refractivity contribution in [3.63, 3.8) is 0 Å². The number of nitrogens with one attached hydrogen (secondary N) is 1. The summed E-state index contributed by atoms with van der Waals surface area (Å²) in [7, 11) is 3.66. The van der Waals surface area contributed by atoms with Crippen LogP contribution in [0.4, 0.5) is 0 Å². The molecule has 1 aromatic carbocycles. The number of carbonyl (C=O) groups excluding carboxylic acids is 1. The van der Waals surface area contributed by atoms with E-state index in [1.165, 1.54) is 0 Å². The van der Waals surface area contributed by atoms with Gasteiger partial charge in [-0.2, -0.15) is 4.59 Å². The molecule has 0 bridgehead atoms. The summed E-state index contributed by atoms with van der Waals surface area (Å²) >= 11 is 0. The number of likely N-dealkylation sites (N-methyl/N-ethyl adjacent to an activating group) is 1. The Morgan fingerprint density at radius 3 is 2.29 bits per heavy atom. The topological polar surface area (TPSA) is 29.1 Å². The first kappa shape index (κ1) is 8.97. The number of quaternary nitrogens is 1. The zero-order chi connectivity index (χ0) is 10.2. The Bertz CT molecular complexity index is 393. The lowest BCUT2D eigenvalue weighted by Crippen LogP contribution is -2.49. The minimum absolute atomic E-state index is 0.0730. The number of amides is 1. The zero-order valence-electron chi connectivity index (χ0n) is 8.32. The van der Waals surface area contributed by atoms with Gasteiger partial charge in [0.1, 0.15) is 5.70 Å². The van der Waals surface area contributed by atoms with Crippen molar-refractivity contribution in [2.24, 2.45) is 0 Å². The number of benzene rings is 1. The standard InChI is InChI=1S/C11H12N2O/c1-13(2)11(14)8-10(12-13)9-6-4-3-5-7-9/h3-8H,1-2H3/p+1. The molecule has 0 unspecified atom stereocenters. The molecule has 3 heteroatoms. The summed E-state index contributed by atoms with van der Waals surface area (Å²) in [5.41, 5.74) is 5.08. The molecule has 0 aromatic heterocycles. The van der Waals surface area contributed by atoms with Crippen LogP contribution in [-0.4, -0.2) is 24.6 Å². The van der Waals surface area contributed by atoms with E-state index >= 15 is 0 Å². The molecule has 2 rings (SSSR count). The molecule has 1 aliphatic heterocycles. The average molecular weight is 189 g/mol. The van der Waals surface area contributed by atoms with Crippen LogP contribution in [-0.2, 0) is 4.79 Å². The predicted octanol–water partition coefficient (Wildman–Crippen LogP) is 1.15. The molecule has 0 atom stereocenters. The average Bonchev–Trinajstić information content (AvgIpc) is 2.43. The summed E-state index contributed by atoms with van der Waals surface area (Å²) in [5.74, 6) is 0.0730. The van der Waals surface area contributed by atoms with Gasteiger partial charge in [0.25, 0.3) is 0 Å². The van der Waals surface area contributed by atoms with Crippen LogP contribution in [0.25, 0.3) is 5.70 Å². The zero-order valence-corrected chi connectivity index (χ0v) is 8.32. The van der Waals surface area contributed by atoms with E-state index in [4.69, 9.17) is 0 Å². The third-order valence-electron chi connectivity index (χ3n) is 2.30. The fraction of sp³-hybridized carbons (Fsp3) is 0.182. The van der Waals surface area contributed by atoms with Crippen molar-refractivity contribution in [2.45, 2.75) is 0 Å². The molecule has 0 fully saturated rings. The van der Waals surface area contributed by atoms with Crippen LogP contribution in [0.5, 0.6) is 0 Å². The van der Waals surface area contributed by atoms with Crippen LogP contribution < -0.4 is 5.43 Å².